The second kappa shape index (κ2) is 5.87. The highest BCUT2D eigenvalue weighted by Gasteiger charge is 2.34. The highest BCUT2D eigenvalue weighted by Crippen LogP contribution is 2.29. The Hall–Kier alpha value is -1.63. The molecule has 1 unspecified atom stereocenters. The molecule has 1 aromatic heterocycles. The molecule has 4 rings (SSSR count). The lowest BCUT2D eigenvalue weighted by atomic mass is 10.3. The second-order valence-electron chi connectivity index (χ2n) is 6.57. The van der Waals surface area contributed by atoms with Gasteiger partial charge < -0.3 is 15.2 Å². The molecule has 1 saturated carbocycles. The van der Waals surface area contributed by atoms with E-state index in [0.717, 1.165) is 43.2 Å². The van der Waals surface area contributed by atoms with Crippen molar-refractivity contribution in [2.24, 2.45) is 4.99 Å². The normalized spacial score (nSPS) is 25.5. The van der Waals surface area contributed by atoms with Crippen molar-refractivity contribution in [3.63, 3.8) is 0 Å². The van der Waals surface area contributed by atoms with Gasteiger partial charge in [0.1, 0.15) is 5.82 Å². The van der Waals surface area contributed by atoms with Crippen LogP contribution >= 0.6 is 0 Å². The fraction of sp³-hybridized carbons (Fsp3) is 0.800. The minimum atomic E-state index is 0.510. The molecule has 120 valence electrons. The SMILES string of the molecule is CN=C(NCc1nnc2n1CCC2)NC1CCN(C2CC2)C1. The quantitative estimate of drug-likeness (QED) is 0.611. The first-order valence-electron chi connectivity index (χ1n) is 8.45. The Morgan fingerprint density at radius 3 is 3.00 bits per heavy atom. The summed E-state index contributed by atoms with van der Waals surface area (Å²) >= 11 is 0. The van der Waals surface area contributed by atoms with E-state index < -0.39 is 0 Å². The summed E-state index contributed by atoms with van der Waals surface area (Å²) in [7, 11) is 1.83. The zero-order valence-electron chi connectivity index (χ0n) is 13.3. The lowest BCUT2D eigenvalue weighted by molar-refractivity contribution is 0.321. The van der Waals surface area contributed by atoms with Crippen molar-refractivity contribution in [1.29, 1.82) is 0 Å². The fourth-order valence-corrected chi connectivity index (χ4v) is 3.57. The van der Waals surface area contributed by atoms with Crippen LogP contribution in [0.5, 0.6) is 0 Å². The van der Waals surface area contributed by atoms with E-state index in [4.69, 9.17) is 0 Å². The van der Waals surface area contributed by atoms with Gasteiger partial charge in [-0.25, -0.2) is 0 Å². The van der Waals surface area contributed by atoms with E-state index in [-0.39, 0.29) is 0 Å². The minimum Gasteiger partial charge on any atom is -0.352 e. The highest BCUT2D eigenvalue weighted by atomic mass is 15.3. The van der Waals surface area contributed by atoms with E-state index in [1.165, 1.54) is 32.2 Å². The van der Waals surface area contributed by atoms with Crippen LogP contribution in [0.2, 0.25) is 0 Å². The smallest absolute Gasteiger partial charge is 0.191 e. The van der Waals surface area contributed by atoms with Gasteiger partial charge in [0.2, 0.25) is 0 Å². The van der Waals surface area contributed by atoms with Gasteiger partial charge in [0.25, 0.3) is 0 Å². The van der Waals surface area contributed by atoms with Gasteiger partial charge in [-0.3, -0.25) is 9.89 Å². The fourth-order valence-electron chi connectivity index (χ4n) is 3.57. The van der Waals surface area contributed by atoms with Crippen LogP contribution in [0.25, 0.3) is 0 Å². The Labute approximate surface area is 131 Å². The number of hydrogen-bond acceptors (Lipinski definition) is 4. The number of aromatic nitrogens is 3. The van der Waals surface area contributed by atoms with Crippen LogP contribution in [-0.4, -0.2) is 57.8 Å². The molecule has 2 fully saturated rings. The van der Waals surface area contributed by atoms with Gasteiger partial charge in [-0.05, 0) is 25.7 Å². The molecular formula is C15H25N7. The minimum absolute atomic E-state index is 0.510. The Balaban J connectivity index is 1.29. The van der Waals surface area contributed by atoms with Crippen molar-refractivity contribution in [2.45, 2.75) is 57.3 Å². The summed E-state index contributed by atoms with van der Waals surface area (Å²) in [5, 5.41) is 15.5. The largest absolute Gasteiger partial charge is 0.352 e. The van der Waals surface area contributed by atoms with Crippen LogP contribution in [-0.2, 0) is 19.5 Å². The molecule has 2 aliphatic heterocycles. The van der Waals surface area contributed by atoms with Crippen molar-refractivity contribution in [2.75, 3.05) is 20.1 Å². The second-order valence-corrected chi connectivity index (χ2v) is 6.57. The molecule has 0 spiro atoms. The predicted molar refractivity (Wildman–Crippen MR) is 84.7 cm³/mol. The molecule has 0 bridgehead atoms. The van der Waals surface area contributed by atoms with E-state index in [1.54, 1.807) is 0 Å². The molecule has 3 aliphatic rings. The molecule has 0 radical (unpaired) electrons. The van der Waals surface area contributed by atoms with Gasteiger partial charge >= 0.3 is 0 Å². The average molecular weight is 303 g/mol. The molecule has 3 heterocycles. The van der Waals surface area contributed by atoms with E-state index in [1.807, 2.05) is 7.05 Å². The molecule has 0 amide bonds. The van der Waals surface area contributed by atoms with Gasteiger partial charge in [0.15, 0.2) is 11.8 Å². The first-order valence-corrected chi connectivity index (χ1v) is 8.45. The highest BCUT2D eigenvalue weighted by molar-refractivity contribution is 5.79. The zero-order chi connectivity index (χ0) is 14.9. The Morgan fingerprint density at radius 1 is 1.27 bits per heavy atom. The average Bonchev–Trinajstić information content (AvgIpc) is 2.96. The van der Waals surface area contributed by atoms with Crippen LogP contribution in [0.15, 0.2) is 4.99 Å². The predicted octanol–water partition coefficient (Wildman–Crippen LogP) is 0.126. The van der Waals surface area contributed by atoms with Crippen molar-refractivity contribution < 1.29 is 0 Å². The number of rotatable bonds is 4. The van der Waals surface area contributed by atoms with Gasteiger partial charge in [-0.15, -0.1) is 10.2 Å². The van der Waals surface area contributed by atoms with Crippen LogP contribution in [0.4, 0.5) is 0 Å². The van der Waals surface area contributed by atoms with E-state index >= 15 is 0 Å². The molecule has 1 aliphatic carbocycles. The van der Waals surface area contributed by atoms with Gasteiger partial charge in [0.05, 0.1) is 6.54 Å². The number of aryl methyl sites for hydroxylation is 1. The third-order valence-corrected chi connectivity index (χ3v) is 4.95. The monoisotopic (exact) mass is 303 g/mol. The number of fused-ring (bicyclic) bond motifs is 1. The van der Waals surface area contributed by atoms with Crippen molar-refractivity contribution in [1.82, 2.24) is 30.3 Å². The number of nitrogens with zero attached hydrogens (tertiary/aromatic N) is 5. The topological polar surface area (TPSA) is 70.4 Å². The Morgan fingerprint density at radius 2 is 2.18 bits per heavy atom. The Kier molecular flexibility index (Phi) is 3.73. The lowest BCUT2D eigenvalue weighted by Gasteiger charge is -2.18. The lowest BCUT2D eigenvalue weighted by Crippen LogP contribution is -2.44. The first kappa shape index (κ1) is 14.0. The maximum Gasteiger partial charge on any atom is 0.191 e. The van der Waals surface area contributed by atoms with Crippen molar-refractivity contribution in [3.05, 3.63) is 11.6 Å². The molecule has 2 N–H and O–H groups in total. The molecule has 7 nitrogen and oxygen atoms in total. The molecule has 1 aromatic rings. The number of nitrogens with one attached hydrogen (secondary N) is 2. The third-order valence-electron chi connectivity index (χ3n) is 4.95. The van der Waals surface area contributed by atoms with Crippen molar-refractivity contribution >= 4 is 5.96 Å². The summed E-state index contributed by atoms with van der Waals surface area (Å²) in [6.45, 7) is 4.10. The van der Waals surface area contributed by atoms with Crippen molar-refractivity contribution in [3.8, 4) is 0 Å². The molecule has 1 atom stereocenters. The maximum absolute atomic E-state index is 4.35. The first-order chi connectivity index (χ1) is 10.8. The number of guanidine groups is 1. The van der Waals surface area contributed by atoms with Crippen LogP contribution in [0.1, 0.15) is 37.3 Å². The van der Waals surface area contributed by atoms with Crippen LogP contribution in [0, 0.1) is 0 Å². The molecular weight excluding hydrogens is 278 g/mol. The van der Waals surface area contributed by atoms with E-state index in [2.05, 4.69) is 35.3 Å². The van der Waals surface area contributed by atoms with E-state index in [9.17, 15) is 0 Å². The summed E-state index contributed by atoms with van der Waals surface area (Å²) in [6, 6.07) is 1.37. The summed E-state index contributed by atoms with van der Waals surface area (Å²) in [5.41, 5.74) is 0. The summed E-state index contributed by atoms with van der Waals surface area (Å²) < 4.78 is 2.23. The maximum atomic E-state index is 4.35. The molecule has 0 aromatic carbocycles. The standard InChI is InChI=1S/C15H25N7/c1-16-15(18-11-6-8-21(10-11)12-4-5-12)17-9-14-20-19-13-3-2-7-22(13)14/h11-12H,2-10H2,1H3,(H2,16,17,18). The summed E-state index contributed by atoms with van der Waals surface area (Å²) in [6.07, 6.45) is 6.22. The number of hydrogen-bond donors (Lipinski definition) is 2. The summed E-state index contributed by atoms with van der Waals surface area (Å²) in [5.74, 6) is 3.01. The van der Waals surface area contributed by atoms with E-state index in [0.29, 0.717) is 12.6 Å². The summed E-state index contributed by atoms with van der Waals surface area (Å²) in [4.78, 5) is 6.96. The van der Waals surface area contributed by atoms with Crippen LogP contribution in [0.3, 0.4) is 0 Å². The van der Waals surface area contributed by atoms with Gasteiger partial charge in [-0.1, -0.05) is 0 Å². The van der Waals surface area contributed by atoms with Gasteiger partial charge in [0, 0.05) is 45.2 Å². The number of likely N-dealkylation sites (tertiary alicyclic amines) is 1. The number of aliphatic imine (C=N–C) groups is 1. The molecule has 22 heavy (non-hydrogen) atoms. The van der Waals surface area contributed by atoms with Gasteiger partial charge in [-0.2, -0.15) is 0 Å². The molecule has 7 heteroatoms. The zero-order valence-corrected chi connectivity index (χ0v) is 13.3. The third kappa shape index (κ3) is 2.82. The molecule has 1 saturated heterocycles. The van der Waals surface area contributed by atoms with Crippen LogP contribution < -0.4 is 10.6 Å². The Bertz CT molecular complexity index is 560.